The Morgan fingerprint density at radius 1 is 1.04 bits per heavy atom. The molecule has 0 saturated heterocycles. The van der Waals surface area contributed by atoms with Gasteiger partial charge in [-0.3, -0.25) is 9.78 Å². The molecule has 1 aromatic carbocycles. The first-order chi connectivity index (χ1) is 13.3. The smallest absolute Gasteiger partial charge is 0.275 e. The Morgan fingerprint density at radius 2 is 1.93 bits per heavy atom. The minimum atomic E-state index is -0.337. The fourth-order valence-corrected chi connectivity index (χ4v) is 2.25. The molecule has 0 aliphatic heterocycles. The Labute approximate surface area is 153 Å². The van der Waals surface area contributed by atoms with E-state index in [1.165, 1.54) is 24.9 Å². The molecule has 3 aromatic heterocycles. The molecule has 0 radical (unpaired) electrons. The lowest BCUT2D eigenvalue weighted by Crippen LogP contribution is -2.13. The van der Waals surface area contributed by atoms with Gasteiger partial charge in [0.05, 0.1) is 6.20 Å². The molecule has 132 valence electrons. The Kier molecular flexibility index (Phi) is 4.48. The molecule has 0 spiro atoms. The number of amides is 1. The second-order valence-corrected chi connectivity index (χ2v) is 5.34. The maximum atomic E-state index is 12.1. The molecule has 0 fully saturated rings. The number of anilines is 1. The highest BCUT2D eigenvalue weighted by molar-refractivity contribution is 6.02. The zero-order chi connectivity index (χ0) is 18.5. The molecule has 9 heteroatoms. The van der Waals surface area contributed by atoms with E-state index in [4.69, 9.17) is 4.74 Å². The van der Waals surface area contributed by atoms with Crippen molar-refractivity contribution >= 4 is 11.6 Å². The van der Waals surface area contributed by atoms with Gasteiger partial charge in [-0.15, -0.1) is 0 Å². The lowest BCUT2D eigenvalue weighted by Gasteiger charge is -2.08. The van der Waals surface area contributed by atoms with Gasteiger partial charge in [0.1, 0.15) is 17.8 Å². The van der Waals surface area contributed by atoms with E-state index in [2.05, 4.69) is 30.4 Å². The van der Waals surface area contributed by atoms with Gasteiger partial charge in [-0.1, -0.05) is 0 Å². The number of aromatic nitrogens is 6. The maximum absolute atomic E-state index is 12.1. The molecule has 1 N–H and O–H groups in total. The van der Waals surface area contributed by atoms with Crippen LogP contribution in [-0.4, -0.2) is 35.6 Å². The Morgan fingerprint density at radius 3 is 2.67 bits per heavy atom. The van der Waals surface area contributed by atoms with Crippen LogP contribution in [0, 0.1) is 0 Å². The van der Waals surface area contributed by atoms with E-state index in [9.17, 15) is 4.79 Å². The van der Waals surface area contributed by atoms with Gasteiger partial charge in [0.2, 0.25) is 5.88 Å². The lowest BCUT2D eigenvalue weighted by atomic mass is 10.3. The second-order valence-electron chi connectivity index (χ2n) is 5.34. The van der Waals surface area contributed by atoms with Gasteiger partial charge in [-0.25, -0.2) is 19.6 Å². The highest BCUT2D eigenvalue weighted by atomic mass is 16.5. The molecule has 1 amide bonds. The number of nitrogens with zero attached hydrogens (tertiary/aromatic N) is 6. The van der Waals surface area contributed by atoms with Crippen LogP contribution in [0.25, 0.3) is 5.82 Å². The van der Waals surface area contributed by atoms with Gasteiger partial charge >= 0.3 is 0 Å². The summed E-state index contributed by atoms with van der Waals surface area (Å²) in [6, 6.07) is 10.4. The number of carbonyl (C=O) groups excluding carboxylic acids is 1. The first-order valence-electron chi connectivity index (χ1n) is 7.95. The predicted molar refractivity (Wildman–Crippen MR) is 95.7 cm³/mol. The van der Waals surface area contributed by atoms with Gasteiger partial charge in [0.15, 0.2) is 5.82 Å². The van der Waals surface area contributed by atoms with E-state index >= 15 is 0 Å². The molecule has 0 saturated carbocycles. The summed E-state index contributed by atoms with van der Waals surface area (Å²) >= 11 is 0. The SMILES string of the molecule is O=C(Nc1ccc(Oc2cc(-n3cccn3)ncn2)cc1)c1cnccn1. The summed E-state index contributed by atoms with van der Waals surface area (Å²) in [6.07, 6.45) is 9.22. The van der Waals surface area contributed by atoms with Crippen molar-refractivity contribution in [3.63, 3.8) is 0 Å². The van der Waals surface area contributed by atoms with Crippen molar-refractivity contribution in [2.24, 2.45) is 0 Å². The Balaban J connectivity index is 1.44. The molecule has 4 aromatic rings. The zero-order valence-corrected chi connectivity index (χ0v) is 13.9. The second kappa shape index (κ2) is 7.40. The number of hydrogen-bond acceptors (Lipinski definition) is 7. The summed E-state index contributed by atoms with van der Waals surface area (Å²) in [4.78, 5) is 28.1. The van der Waals surface area contributed by atoms with Crippen molar-refractivity contribution in [2.75, 3.05) is 5.32 Å². The van der Waals surface area contributed by atoms with Crippen LogP contribution >= 0.6 is 0 Å². The summed E-state index contributed by atoms with van der Waals surface area (Å²) in [6.45, 7) is 0. The minimum Gasteiger partial charge on any atom is -0.439 e. The third-order valence-corrected chi connectivity index (χ3v) is 3.50. The maximum Gasteiger partial charge on any atom is 0.275 e. The fourth-order valence-electron chi connectivity index (χ4n) is 2.25. The third-order valence-electron chi connectivity index (χ3n) is 3.50. The highest BCUT2D eigenvalue weighted by Crippen LogP contribution is 2.22. The number of ether oxygens (including phenoxy) is 1. The Bertz CT molecular complexity index is 1040. The van der Waals surface area contributed by atoms with Crippen LogP contribution in [0.1, 0.15) is 10.5 Å². The minimum absolute atomic E-state index is 0.241. The van der Waals surface area contributed by atoms with Crippen molar-refractivity contribution < 1.29 is 9.53 Å². The van der Waals surface area contributed by atoms with Crippen LogP contribution in [0.3, 0.4) is 0 Å². The molecule has 3 heterocycles. The van der Waals surface area contributed by atoms with Gasteiger partial charge in [0.25, 0.3) is 5.91 Å². The first kappa shape index (κ1) is 16.3. The van der Waals surface area contributed by atoms with Crippen molar-refractivity contribution in [1.82, 2.24) is 29.7 Å². The number of rotatable bonds is 5. The first-order valence-corrected chi connectivity index (χ1v) is 7.95. The van der Waals surface area contributed by atoms with E-state index in [0.717, 1.165) is 0 Å². The van der Waals surface area contributed by atoms with Crippen LogP contribution in [0.4, 0.5) is 5.69 Å². The van der Waals surface area contributed by atoms with E-state index in [1.807, 2.05) is 0 Å². The molecule has 0 atom stereocenters. The van der Waals surface area contributed by atoms with E-state index < -0.39 is 0 Å². The summed E-state index contributed by atoms with van der Waals surface area (Å²) < 4.78 is 7.35. The third kappa shape index (κ3) is 3.93. The van der Waals surface area contributed by atoms with Gasteiger partial charge < -0.3 is 10.1 Å². The van der Waals surface area contributed by atoms with Crippen LogP contribution in [0.2, 0.25) is 0 Å². The average Bonchev–Trinajstić information content (AvgIpc) is 3.25. The fraction of sp³-hybridized carbons (Fsp3) is 0. The average molecular weight is 359 g/mol. The predicted octanol–water partition coefficient (Wildman–Crippen LogP) is 2.50. The molecule has 0 aliphatic rings. The summed E-state index contributed by atoms with van der Waals surface area (Å²) in [7, 11) is 0. The highest BCUT2D eigenvalue weighted by Gasteiger charge is 2.08. The monoisotopic (exact) mass is 359 g/mol. The van der Waals surface area contributed by atoms with Gasteiger partial charge in [-0.2, -0.15) is 5.10 Å². The summed E-state index contributed by atoms with van der Waals surface area (Å²) in [5, 5.41) is 6.86. The lowest BCUT2D eigenvalue weighted by molar-refractivity contribution is 0.102. The molecular formula is C18H13N7O2. The normalized spacial score (nSPS) is 10.4. The van der Waals surface area contributed by atoms with Crippen molar-refractivity contribution in [1.29, 1.82) is 0 Å². The Hall–Kier alpha value is -4.14. The molecule has 9 nitrogen and oxygen atoms in total. The number of benzene rings is 1. The molecule has 0 bridgehead atoms. The molecular weight excluding hydrogens is 346 g/mol. The van der Waals surface area contributed by atoms with Gasteiger partial charge in [-0.05, 0) is 30.3 Å². The molecule has 4 rings (SSSR count). The molecule has 0 unspecified atom stereocenters. The number of carbonyl (C=O) groups is 1. The molecule has 27 heavy (non-hydrogen) atoms. The standard InChI is InChI=1S/C18H13N7O2/c26-18(15-11-19-7-8-20-15)24-13-2-4-14(5-3-13)27-17-10-16(21-12-22-17)25-9-1-6-23-25/h1-12H,(H,24,26). The van der Waals surface area contributed by atoms with Crippen molar-refractivity contribution in [2.45, 2.75) is 0 Å². The number of nitrogens with one attached hydrogen (secondary N) is 1. The molecule has 0 aliphatic carbocycles. The quantitative estimate of drug-likeness (QED) is 0.583. The largest absolute Gasteiger partial charge is 0.439 e. The van der Waals surface area contributed by atoms with Gasteiger partial charge in [0, 0.05) is 36.5 Å². The van der Waals surface area contributed by atoms with E-state index in [1.54, 1.807) is 53.5 Å². The van der Waals surface area contributed by atoms with Crippen LogP contribution in [-0.2, 0) is 0 Å². The topological polar surface area (TPSA) is 108 Å². The summed E-state index contributed by atoms with van der Waals surface area (Å²) in [5.41, 5.74) is 0.850. The van der Waals surface area contributed by atoms with Crippen molar-refractivity contribution in [3.8, 4) is 17.4 Å². The van der Waals surface area contributed by atoms with Crippen LogP contribution in [0.15, 0.2) is 73.7 Å². The zero-order valence-electron chi connectivity index (χ0n) is 13.9. The number of hydrogen-bond donors (Lipinski definition) is 1. The van der Waals surface area contributed by atoms with Crippen LogP contribution < -0.4 is 10.1 Å². The van der Waals surface area contributed by atoms with Crippen molar-refractivity contribution in [3.05, 3.63) is 79.4 Å². The van der Waals surface area contributed by atoms with E-state index in [0.29, 0.717) is 23.1 Å². The van der Waals surface area contributed by atoms with E-state index in [-0.39, 0.29) is 11.6 Å². The van der Waals surface area contributed by atoms with Crippen LogP contribution in [0.5, 0.6) is 11.6 Å². The summed E-state index contributed by atoms with van der Waals surface area (Å²) in [5.74, 6) is 1.21.